The first-order valence-corrected chi connectivity index (χ1v) is 9.53. The number of hydrogen-bond donors (Lipinski definition) is 1. The molecule has 2 aromatic carbocycles. The van der Waals surface area contributed by atoms with E-state index in [0.29, 0.717) is 12.0 Å². The largest absolute Gasteiger partial charge is 0.361 e. The minimum atomic E-state index is -1.11. The number of aromatic nitrogens is 1. The van der Waals surface area contributed by atoms with Gasteiger partial charge in [0.2, 0.25) is 5.78 Å². The summed E-state index contributed by atoms with van der Waals surface area (Å²) in [5.74, 6) is -2.93. The topological polar surface area (TPSA) is 113 Å². The molecule has 0 aliphatic carbocycles. The Morgan fingerprint density at radius 2 is 1.83 bits per heavy atom. The SMILES string of the molecule is CC(=O)C1C(=O)C(=O)N(CCc2c[nH]c3ccccc23)C1c1ccc([N+](=O)[O-])cc1. The molecule has 30 heavy (non-hydrogen) atoms. The van der Waals surface area contributed by atoms with Crippen LogP contribution in [0.2, 0.25) is 0 Å². The van der Waals surface area contributed by atoms with Crippen molar-refractivity contribution in [3.63, 3.8) is 0 Å². The molecule has 1 aliphatic heterocycles. The maximum absolute atomic E-state index is 12.7. The summed E-state index contributed by atoms with van der Waals surface area (Å²) in [5, 5.41) is 12.0. The lowest BCUT2D eigenvalue weighted by atomic mass is 9.90. The number of ketones is 2. The fraction of sp³-hybridized carbons (Fsp3) is 0.227. The highest BCUT2D eigenvalue weighted by Crippen LogP contribution is 2.37. The number of Topliss-reactive ketones (excluding diaryl/α,β-unsaturated/α-hetero) is 2. The fourth-order valence-corrected chi connectivity index (χ4v) is 4.12. The number of likely N-dealkylation sites (tertiary alicyclic amines) is 1. The highest BCUT2D eigenvalue weighted by Gasteiger charge is 2.50. The number of rotatable bonds is 6. The minimum Gasteiger partial charge on any atom is -0.361 e. The number of H-pyrrole nitrogens is 1. The average Bonchev–Trinajstić information content (AvgIpc) is 3.25. The van der Waals surface area contributed by atoms with Gasteiger partial charge in [0.25, 0.3) is 11.6 Å². The quantitative estimate of drug-likeness (QED) is 0.293. The van der Waals surface area contributed by atoms with E-state index in [2.05, 4.69) is 4.98 Å². The van der Waals surface area contributed by atoms with Crippen LogP contribution in [0.25, 0.3) is 10.9 Å². The average molecular weight is 405 g/mol. The number of hydrogen-bond acceptors (Lipinski definition) is 5. The predicted octanol–water partition coefficient (Wildman–Crippen LogP) is 2.98. The third-order valence-corrected chi connectivity index (χ3v) is 5.59. The molecule has 3 aromatic rings. The van der Waals surface area contributed by atoms with Crippen LogP contribution in [0.1, 0.15) is 24.1 Å². The molecule has 1 N–H and O–H groups in total. The summed E-state index contributed by atoms with van der Waals surface area (Å²) in [6.45, 7) is 1.54. The summed E-state index contributed by atoms with van der Waals surface area (Å²) in [5.41, 5.74) is 2.41. The van der Waals surface area contributed by atoms with E-state index in [0.717, 1.165) is 16.5 Å². The van der Waals surface area contributed by atoms with Gasteiger partial charge < -0.3 is 9.88 Å². The lowest BCUT2D eigenvalue weighted by Gasteiger charge is -2.26. The molecule has 0 spiro atoms. The zero-order valence-electron chi connectivity index (χ0n) is 16.2. The van der Waals surface area contributed by atoms with E-state index in [1.807, 2.05) is 30.5 Å². The molecule has 2 heterocycles. The number of amides is 1. The molecular weight excluding hydrogens is 386 g/mol. The van der Waals surface area contributed by atoms with Crippen molar-refractivity contribution in [1.82, 2.24) is 9.88 Å². The Hall–Kier alpha value is -3.81. The molecule has 4 rings (SSSR count). The zero-order valence-corrected chi connectivity index (χ0v) is 16.2. The highest BCUT2D eigenvalue weighted by atomic mass is 16.6. The number of non-ortho nitro benzene ring substituents is 1. The normalized spacial score (nSPS) is 18.9. The van der Waals surface area contributed by atoms with Crippen molar-refractivity contribution < 1.29 is 19.3 Å². The first-order valence-electron chi connectivity index (χ1n) is 9.53. The van der Waals surface area contributed by atoms with Crippen LogP contribution in [0.3, 0.4) is 0 Å². The lowest BCUT2D eigenvalue weighted by molar-refractivity contribution is -0.384. The molecule has 8 heteroatoms. The van der Waals surface area contributed by atoms with Crippen LogP contribution >= 0.6 is 0 Å². The molecule has 0 saturated carbocycles. The number of aromatic amines is 1. The van der Waals surface area contributed by atoms with Gasteiger partial charge in [0.15, 0.2) is 0 Å². The first-order chi connectivity index (χ1) is 14.4. The number of nitrogens with one attached hydrogen (secondary N) is 1. The number of nitro benzene ring substituents is 1. The smallest absolute Gasteiger partial charge is 0.291 e. The van der Waals surface area contributed by atoms with Crippen molar-refractivity contribution in [3.05, 3.63) is 76.0 Å². The molecule has 1 amide bonds. The van der Waals surface area contributed by atoms with Crippen molar-refractivity contribution in [2.75, 3.05) is 6.54 Å². The summed E-state index contributed by atoms with van der Waals surface area (Å²) in [6.07, 6.45) is 2.37. The monoisotopic (exact) mass is 405 g/mol. The molecule has 1 saturated heterocycles. The molecule has 8 nitrogen and oxygen atoms in total. The van der Waals surface area contributed by atoms with Crippen LogP contribution in [-0.2, 0) is 20.8 Å². The van der Waals surface area contributed by atoms with E-state index in [-0.39, 0.29) is 12.2 Å². The van der Waals surface area contributed by atoms with E-state index in [9.17, 15) is 24.5 Å². The summed E-state index contributed by atoms with van der Waals surface area (Å²) in [7, 11) is 0. The Morgan fingerprint density at radius 3 is 2.50 bits per heavy atom. The Morgan fingerprint density at radius 1 is 1.13 bits per heavy atom. The number of nitrogens with zero attached hydrogens (tertiary/aromatic N) is 2. The number of nitro groups is 1. The molecule has 0 radical (unpaired) electrons. The Balaban J connectivity index is 1.66. The van der Waals surface area contributed by atoms with Crippen LogP contribution in [0.15, 0.2) is 54.7 Å². The number of carbonyl (C=O) groups excluding carboxylic acids is 3. The number of benzene rings is 2. The van der Waals surface area contributed by atoms with Gasteiger partial charge in [0.1, 0.15) is 11.7 Å². The molecular formula is C22H19N3O5. The van der Waals surface area contributed by atoms with Gasteiger partial charge in [-0.05, 0) is 30.5 Å². The third-order valence-electron chi connectivity index (χ3n) is 5.59. The molecule has 0 bridgehead atoms. The second-order valence-corrected chi connectivity index (χ2v) is 7.35. The number of para-hydroxylation sites is 1. The van der Waals surface area contributed by atoms with Gasteiger partial charge in [-0.15, -0.1) is 0 Å². The van der Waals surface area contributed by atoms with Gasteiger partial charge in [-0.25, -0.2) is 0 Å². The minimum absolute atomic E-state index is 0.0980. The van der Waals surface area contributed by atoms with Crippen molar-refractivity contribution in [2.24, 2.45) is 5.92 Å². The molecule has 1 fully saturated rings. The highest BCUT2D eigenvalue weighted by molar-refractivity contribution is 6.42. The maximum atomic E-state index is 12.7. The van der Waals surface area contributed by atoms with Gasteiger partial charge in [0, 0.05) is 35.8 Å². The van der Waals surface area contributed by atoms with Crippen molar-refractivity contribution in [3.8, 4) is 0 Å². The Bertz CT molecular complexity index is 1160. The van der Waals surface area contributed by atoms with E-state index in [1.54, 1.807) is 0 Å². The second kappa shape index (κ2) is 7.55. The van der Waals surface area contributed by atoms with Crippen LogP contribution in [0, 0.1) is 16.0 Å². The lowest BCUT2D eigenvalue weighted by Crippen LogP contribution is -2.32. The Labute approximate surface area is 171 Å². The second-order valence-electron chi connectivity index (χ2n) is 7.35. The molecule has 2 unspecified atom stereocenters. The molecule has 1 aliphatic rings. The number of fused-ring (bicyclic) bond motifs is 1. The van der Waals surface area contributed by atoms with Crippen molar-refractivity contribution >= 4 is 34.1 Å². The molecule has 1 aromatic heterocycles. The molecule has 2 atom stereocenters. The van der Waals surface area contributed by atoms with E-state index >= 15 is 0 Å². The maximum Gasteiger partial charge on any atom is 0.291 e. The van der Waals surface area contributed by atoms with Crippen molar-refractivity contribution in [2.45, 2.75) is 19.4 Å². The van der Waals surface area contributed by atoms with Gasteiger partial charge in [0.05, 0.1) is 11.0 Å². The van der Waals surface area contributed by atoms with Crippen LogP contribution < -0.4 is 0 Å². The summed E-state index contributed by atoms with van der Waals surface area (Å²) in [6, 6.07) is 12.7. The summed E-state index contributed by atoms with van der Waals surface area (Å²) < 4.78 is 0. The van der Waals surface area contributed by atoms with Gasteiger partial charge >= 0.3 is 0 Å². The first kappa shape index (κ1) is 19.5. The summed E-state index contributed by atoms with van der Waals surface area (Å²) in [4.78, 5) is 52.5. The van der Waals surface area contributed by atoms with Gasteiger partial charge in [-0.1, -0.05) is 30.3 Å². The van der Waals surface area contributed by atoms with E-state index in [1.165, 1.54) is 36.1 Å². The third kappa shape index (κ3) is 3.26. The van der Waals surface area contributed by atoms with Crippen LogP contribution in [-0.4, -0.2) is 38.8 Å². The predicted molar refractivity (Wildman–Crippen MR) is 109 cm³/mol. The van der Waals surface area contributed by atoms with Crippen molar-refractivity contribution in [1.29, 1.82) is 0 Å². The van der Waals surface area contributed by atoms with Gasteiger partial charge in [-0.2, -0.15) is 0 Å². The van der Waals surface area contributed by atoms with Gasteiger partial charge in [-0.3, -0.25) is 24.5 Å². The van der Waals surface area contributed by atoms with Crippen LogP contribution in [0.5, 0.6) is 0 Å². The summed E-state index contributed by atoms with van der Waals surface area (Å²) >= 11 is 0. The number of carbonyl (C=O) groups is 3. The zero-order chi connectivity index (χ0) is 21.4. The van der Waals surface area contributed by atoms with E-state index in [4.69, 9.17) is 0 Å². The fourth-order valence-electron chi connectivity index (χ4n) is 4.12. The standard InChI is InChI=1S/C22H19N3O5/c1-13(26)19-20(14-6-8-16(9-7-14)25(29)30)24(22(28)21(19)27)11-10-15-12-23-18-5-3-2-4-17(15)18/h2-9,12,19-20,23H,10-11H2,1H3. The molecule has 152 valence electrons. The Kier molecular flexibility index (Phi) is 4.91. The van der Waals surface area contributed by atoms with Crippen LogP contribution in [0.4, 0.5) is 5.69 Å². The van der Waals surface area contributed by atoms with E-state index < -0.39 is 34.4 Å².